The molecule has 3 atom stereocenters. The Hall–Kier alpha value is -4.01. The first kappa shape index (κ1) is 26.1. The van der Waals surface area contributed by atoms with Crippen LogP contribution in [-0.4, -0.2) is 89.1 Å². The van der Waals surface area contributed by atoms with Gasteiger partial charge in [-0.25, -0.2) is 4.79 Å². The van der Waals surface area contributed by atoms with Crippen LogP contribution in [0.3, 0.4) is 0 Å². The van der Waals surface area contributed by atoms with Gasteiger partial charge < -0.3 is 30.3 Å². The molecule has 37 heavy (non-hydrogen) atoms. The van der Waals surface area contributed by atoms with Gasteiger partial charge in [-0.15, -0.1) is 0 Å². The van der Waals surface area contributed by atoms with Gasteiger partial charge in [0.15, 0.2) is 6.04 Å². The molecule has 0 spiro atoms. The Morgan fingerprint density at radius 2 is 1.86 bits per heavy atom. The number of rotatable bonds is 9. The van der Waals surface area contributed by atoms with Crippen LogP contribution in [0.25, 0.3) is 0 Å². The fraction of sp³-hybridized carbons (Fsp3) is 0.423. The average molecular weight is 507 g/mol. The Balaban J connectivity index is 1.97. The number of nitrogens with zero attached hydrogens (tertiary/aromatic N) is 4. The van der Waals surface area contributed by atoms with E-state index in [1.54, 1.807) is 53.7 Å². The first-order valence-electron chi connectivity index (χ1n) is 12.2. The molecular weight excluding hydrogens is 476 g/mol. The van der Waals surface area contributed by atoms with Crippen LogP contribution in [0.15, 0.2) is 48.8 Å². The zero-order valence-corrected chi connectivity index (χ0v) is 20.6. The summed E-state index contributed by atoms with van der Waals surface area (Å²) in [5.74, 6) is -1.50. The maximum Gasteiger partial charge on any atom is 0.329 e. The predicted octanol–water partition coefficient (Wildman–Crippen LogP) is 0.323. The van der Waals surface area contributed by atoms with E-state index >= 15 is 0 Å². The minimum Gasteiger partial charge on any atom is -0.488 e. The lowest BCUT2D eigenvalue weighted by atomic mass is 9.74. The van der Waals surface area contributed by atoms with Crippen molar-refractivity contribution in [2.24, 2.45) is 0 Å². The fourth-order valence-corrected chi connectivity index (χ4v) is 5.30. The Morgan fingerprint density at radius 1 is 1.16 bits per heavy atom. The summed E-state index contributed by atoms with van der Waals surface area (Å²) in [5.41, 5.74) is -0.690. The maximum atomic E-state index is 13.5. The summed E-state index contributed by atoms with van der Waals surface area (Å²) in [4.78, 5) is 47.0. The van der Waals surface area contributed by atoms with Crippen molar-refractivity contribution < 1.29 is 24.2 Å². The van der Waals surface area contributed by atoms with Gasteiger partial charge >= 0.3 is 5.97 Å². The van der Waals surface area contributed by atoms with E-state index in [2.05, 4.69) is 21.7 Å². The molecule has 0 radical (unpaired) electrons. The summed E-state index contributed by atoms with van der Waals surface area (Å²) >= 11 is 0. The van der Waals surface area contributed by atoms with Crippen LogP contribution in [0.1, 0.15) is 24.5 Å². The molecule has 194 valence electrons. The first-order chi connectivity index (χ1) is 17.9. The van der Waals surface area contributed by atoms with Gasteiger partial charge in [0.05, 0.1) is 24.7 Å². The number of pyridine rings is 1. The third kappa shape index (κ3) is 4.98. The van der Waals surface area contributed by atoms with Gasteiger partial charge in [0.25, 0.3) is 0 Å². The van der Waals surface area contributed by atoms with Gasteiger partial charge in [-0.3, -0.25) is 14.6 Å². The van der Waals surface area contributed by atoms with Crippen LogP contribution in [-0.2, 0) is 19.9 Å². The molecule has 2 amide bonds. The highest BCUT2D eigenvalue weighted by Gasteiger charge is 2.60. The second-order valence-corrected chi connectivity index (χ2v) is 8.94. The number of benzene rings is 1. The smallest absolute Gasteiger partial charge is 0.329 e. The van der Waals surface area contributed by atoms with Crippen molar-refractivity contribution >= 4 is 17.8 Å². The van der Waals surface area contributed by atoms with Crippen LogP contribution in [0.4, 0.5) is 0 Å². The zero-order valence-electron chi connectivity index (χ0n) is 20.6. The summed E-state index contributed by atoms with van der Waals surface area (Å²) < 4.78 is 6.47. The first-order valence-corrected chi connectivity index (χ1v) is 12.2. The van der Waals surface area contributed by atoms with Crippen molar-refractivity contribution in [1.82, 2.24) is 25.4 Å². The number of aromatic nitrogens is 1. The van der Waals surface area contributed by atoms with Crippen LogP contribution < -0.4 is 15.4 Å². The second-order valence-electron chi connectivity index (χ2n) is 8.94. The second kappa shape index (κ2) is 11.4. The SMILES string of the molecule is CCC(Oc1ccc(C#N)cc1)C(c1cccnc1)(C(C(=O)O)N1CCNCC1=O)N1CCNCC1=O. The predicted molar refractivity (Wildman–Crippen MR) is 132 cm³/mol. The van der Waals surface area contributed by atoms with E-state index in [0.717, 1.165) is 0 Å². The lowest BCUT2D eigenvalue weighted by Crippen LogP contribution is -2.74. The highest BCUT2D eigenvalue weighted by atomic mass is 16.5. The molecule has 1 aromatic heterocycles. The Morgan fingerprint density at radius 3 is 2.43 bits per heavy atom. The molecule has 11 nitrogen and oxygen atoms in total. The topological polar surface area (TPSA) is 148 Å². The molecule has 3 N–H and O–H groups in total. The van der Waals surface area contributed by atoms with Crippen LogP contribution >= 0.6 is 0 Å². The van der Waals surface area contributed by atoms with E-state index in [4.69, 9.17) is 4.74 Å². The molecule has 3 unspecified atom stereocenters. The number of carbonyl (C=O) groups is 3. The summed E-state index contributed by atoms with van der Waals surface area (Å²) in [6, 6.07) is 10.5. The van der Waals surface area contributed by atoms with Crippen LogP contribution in [0.2, 0.25) is 0 Å². The Kier molecular flexibility index (Phi) is 8.01. The van der Waals surface area contributed by atoms with E-state index in [1.165, 1.54) is 4.90 Å². The number of ether oxygens (including phenoxy) is 1. The van der Waals surface area contributed by atoms with Crippen molar-refractivity contribution in [3.63, 3.8) is 0 Å². The number of piperazine rings is 2. The van der Waals surface area contributed by atoms with E-state index in [1.807, 2.05) is 6.92 Å². The van der Waals surface area contributed by atoms with Crippen molar-refractivity contribution in [3.05, 3.63) is 59.9 Å². The van der Waals surface area contributed by atoms with E-state index in [9.17, 15) is 24.8 Å². The van der Waals surface area contributed by atoms with Gasteiger partial charge in [0.1, 0.15) is 17.4 Å². The number of carboxylic acids is 1. The summed E-state index contributed by atoms with van der Waals surface area (Å²) in [6.07, 6.45) is 2.55. The van der Waals surface area contributed by atoms with Crippen molar-refractivity contribution in [1.29, 1.82) is 5.26 Å². The molecule has 0 bridgehead atoms. The number of hydrogen-bond acceptors (Lipinski definition) is 8. The van der Waals surface area contributed by atoms with Gasteiger partial charge in [0.2, 0.25) is 11.8 Å². The highest BCUT2D eigenvalue weighted by Crippen LogP contribution is 2.42. The number of carboxylic acid groups (broad SMARTS) is 1. The third-order valence-electron chi connectivity index (χ3n) is 6.87. The van der Waals surface area contributed by atoms with Crippen LogP contribution in [0, 0.1) is 11.3 Å². The molecule has 2 saturated heterocycles. The molecule has 0 aliphatic carbocycles. The van der Waals surface area contributed by atoms with E-state index < -0.39 is 23.7 Å². The minimum atomic E-state index is -1.60. The molecule has 2 aliphatic heterocycles. The molecular formula is C26H30N6O5. The van der Waals surface area contributed by atoms with Gasteiger partial charge in [-0.05, 0) is 36.8 Å². The third-order valence-corrected chi connectivity index (χ3v) is 6.87. The number of carbonyl (C=O) groups excluding carboxylic acids is 2. The number of hydrogen-bond donors (Lipinski definition) is 3. The van der Waals surface area contributed by atoms with E-state index in [0.29, 0.717) is 36.4 Å². The molecule has 3 heterocycles. The van der Waals surface area contributed by atoms with Crippen molar-refractivity contribution in [3.8, 4) is 11.8 Å². The molecule has 1 aromatic carbocycles. The zero-order chi connectivity index (χ0) is 26.4. The Bertz CT molecular complexity index is 1170. The largest absolute Gasteiger partial charge is 0.488 e. The van der Waals surface area contributed by atoms with Gasteiger partial charge in [-0.2, -0.15) is 5.26 Å². The van der Waals surface area contributed by atoms with E-state index in [-0.39, 0.29) is 38.0 Å². The maximum absolute atomic E-state index is 13.5. The summed E-state index contributed by atoms with van der Waals surface area (Å²) in [6.45, 7) is 3.11. The molecule has 11 heteroatoms. The lowest BCUT2D eigenvalue weighted by Gasteiger charge is -2.54. The molecule has 4 rings (SSSR count). The minimum absolute atomic E-state index is 0.00429. The average Bonchev–Trinajstić information content (AvgIpc) is 2.92. The van der Waals surface area contributed by atoms with Crippen molar-refractivity contribution in [2.75, 3.05) is 39.3 Å². The normalized spacial score (nSPS) is 19.5. The Labute approximate surface area is 215 Å². The summed E-state index contributed by atoms with van der Waals surface area (Å²) in [7, 11) is 0. The molecule has 2 aromatic rings. The molecule has 0 saturated carbocycles. The van der Waals surface area contributed by atoms with Gasteiger partial charge in [0, 0.05) is 44.1 Å². The summed E-state index contributed by atoms with van der Waals surface area (Å²) in [5, 5.41) is 26.0. The lowest BCUT2D eigenvalue weighted by molar-refractivity contribution is -0.173. The molecule has 2 aliphatic rings. The number of nitriles is 1. The van der Waals surface area contributed by atoms with Gasteiger partial charge in [-0.1, -0.05) is 13.0 Å². The molecule has 2 fully saturated rings. The monoisotopic (exact) mass is 506 g/mol. The number of nitrogens with one attached hydrogen (secondary N) is 2. The van der Waals surface area contributed by atoms with Crippen molar-refractivity contribution in [2.45, 2.75) is 31.0 Å². The van der Waals surface area contributed by atoms with Crippen LogP contribution in [0.5, 0.6) is 5.75 Å². The fourth-order valence-electron chi connectivity index (χ4n) is 5.30. The number of aliphatic carboxylic acids is 1. The standard InChI is InChI=1S/C26H30N6O5/c1-2-21(37-20-7-5-18(14-27)6-8-20)26(19-4-3-9-28-15-19,32-13-11-30-17-23(32)34)24(25(35)36)31-12-10-29-16-22(31)33/h3-9,15,21,24,29-30H,2,10-13,16-17H2,1H3,(H,35,36). The highest BCUT2D eigenvalue weighted by molar-refractivity contribution is 5.88. The number of amides is 2. The quantitative estimate of drug-likeness (QED) is 0.437.